The van der Waals surface area contributed by atoms with Crippen molar-refractivity contribution in [3.8, 4) is 10.6 Å². The second-order valence-corrected chi connectivity index (χ2v) is 3.99. The van der Waals surface area contributed by atoms with Crippen LogP contribution in [0.4, 0.5) is 9.52 Å². The van der Waals surface area contributed by atoms with Gasteiger partial charge in [-0.15, -0.1) is 10.2 Å². The fourth-order valence-electron chi connectivity index (χ4n) is 1.01. The van der Waals surface area contributed by atoms with Crippen LogP contribution in [0, 0.1) is 5.82 Å². The van der Waals surface area contributed by atoms with Crippen LogP contribution in [0.2, 0.25) is 5.02 Å². The zero-order valence-electron chi connectivity index (χ0n) is 6.87. The van der Waals surface area contributed by atoms with Gasteiger partial charge in [-0.3, -0.25) is 0 Å². The fraction of sp³-hybridized carbons (Fsp3) is 0. The molecule has 0 spiro atoms. The average molecular weight is 230 g/mol. The summed E-state index contributed by atoms with van der Waals surface area (Å²) in [6.07, 6.45) is 0. The topological polar surface area (TPSA) is 51.8 Å². The summed E-state index contributed by atoms with van der Waals surface area (Å²) < 4.78 is 12.7. The molecule has 0 radical (unpaired) electrons. The number of benzene rings is 1. The van der Waals surface area contributed by atoms with E-state index in [9.17, 15) is 4.39 Å². The average Bonchev–Trinajstić information content (AvgIpc) is 2.51. The Morgan fingerprint density at radius 3 is 2.71 bits per heavy atom. The van der Waals surface area contributed by atoms with Gasteiger partial charge >= 0.3 is 0 Å². The van der Waals surface area contributed by atoms with Crippen molar-refractivity contribution in [2.75, 3.05) is 5.73 Å². The van der Waals surface area contributed by atoms with Crippen molar-refractivity contribution in [3.05, 3.63) is 29.0 Å². The lowest BCUT2D eigenvalue weighted by Gasteiger charge is -1.98. The van der Waals surface area contributed by atoms with Crippen LogP contribution in [-0.4, -0.2) is 10.2 Å². The molecule has 0 atom stereocenters. The van der Waals surface area contributed by atoms with Crippen molar-refractivity contribution in [1.29, 1.82) is 0 Å². The molecule has 0 aliphatic heterocycles. The first-order chi connectivity index (χ1) is 6.66. The number of anilines is 1. The highest BCUT2D eigenvalue weighted by molar-refractivity contribution is 7.18. The van der Waals surface area contributed by atoms with Gasteiger partial charge in [0, 0.05) is 5.56 Å². The van der Waals surface area contributed by atoms with Crippen molar-refractivity contribution in [1.82, 2.24) is 10.2 Å². The Morgan fingerprint density at radius 1 is 1.36 bits per heavy atom. The van der Waals surface area contributed by atoms with E-state index in [0.29, 0.717) is 20.7 Å². The van der Waals surface area contributed by atoms with Gasteiger partial charge in [0.05, 0.1) is 5.02 Å². The smallest absolute Gasteiger partial charge is 0.203 e. The van der Waals surface area contributed by atoms with Gasteiger partial charge in [0.25, 0.3) is 0 Å². The summed E-state index contributed by atoms with van der Waals surface area (Å²) in [6.45, 7) is 0. The lowest BCUT2D eigenvalue weighted by Crippen LogP contribution is -1.81. The van der Waals surface area contributed by atoms with Gasteiger partial charge < -0.3 is 5.73 Å². The molecule has 1 aromatic carbocycles. The Kier molecular flexibility index (Phi) is 2.35. The van der Waals surface area contributed by atoms with E-state index in [-0.39, 0.29) is 5.82 Å². The van der Waals surface area contributed by atoms with Crippen LogP contribution in [-0.2, 0) is 0 Å². The number of rotatable bonds is 1. The van der Waals surface area contributed by atoms with E-state index < -0.39 is 0 Å². The first kappa shape index (κ1) is 9.36. The first-order valence-corrected chi connectivity index (χ1v) is 4.90. The summed E-state index contributed by atoms with van der Waals surface area (Å²) in [5, 5.41) is 8.72. The Hall–Kier alpha value is -1.20. The summed E-state index contributed by atoms with van der Waals surface area (Å²) in [4.78, 5) is 0. The number of hydrogen-bond donors (Lipinski definition) is 1. The van der Waals surface area contributed by atoms with Crippen LogP contribution < -0.4 is 5.73 Å². The summed E-state index contributed by atoms with van der Waals surface area (Å²) in [6, 6.07) is 4.10. The molecule has 2 N–H and O–H groups in total. The van der Waals surface area contributed by atoms with E-state index in [1.165, 1.54) is 23.5 Å². The molecule has 0 unspecified atom stereocenters. The van der Waals surface area contributed by atoms with Crippen molar-refractivity contribution in [2.24, 2.45) is 0 Å². The molecule has 3 nitrogen and oxygen atoms in total. The minimum Gasteiger partial charge on any atom is -0.374 e. The molecule has 0 aliphatic carbocycles. The fourth-order valence-corrected chi connectivity index (χ4v) is 1.97. The molecule has 6 heteroatoms. The molecule has 2 rings (SSSR count). The van der Waals surface area contributed by atoms with Crippen LogP contribution in [0.3, 0.4) is 0 Å². The predicted molar refractivity (Wildman–Crippen MR) is 54.7 cm³/mol. The van der Waals surface area contributed by atoms with E-state index in [0.717, 1.165) is 0 Å². The van der Waals surface area contributed by atoms with Crippen molar-refractivity contribution in [2.45, 2.75) is 0 Å². The standard InChI is InChI=1S/C8H5ClFN3S/c9-6-3-4(10)1-2-5(6)7-12-13-8(11)14-7/h1-3H,(H2,11,13). The zero-order chi connectivity index (χ0) is 10.1. The molecule has 0 amide bonds. The first-order valence-electron chi connectivity index (χ1n) is 3.71. The Morgan fingerprint density at radius 2 is 2.14 bits per heavy atom. The van der Waals surface area contributed by atoms with E-state index in [1.54, 1.807) is 6.07 Å². The molecule has 2 aromatic rings. The molecule has 14 heavy (non-hydrogen) atoms. The molecule has 0 saturated heterocycles. The third kappa shape index (κ3) is 1.69. The number of aromatic nitrogens is 2. The monoisotopic (exact) mass is 229 g/mol. The van der Waals surface area contributed by atoms with Gasteiger partial charge in [0.1, 0.15) is 5.82 Å². The number of nitrogen functional groups attached to an aromatic ring is 1. The van der Waals surface area contributed by atoms with Crippen LogP contribution in [0.25, 0.3) is 10.6 Å². The maximum absolute atomic E-state index is 12.7. The van der Waals surface area contributed by atoms with Gasteiger partial charge in [-0.2, -0.15) is 0 Å². The number of hydrogen-bond acceptors (Lipinski definition) is 4. The van der Waals surface area contributed by atoms with E-state index in [2.05, 4.69) is 10.2 Å². The van der Waals surface area contributed by atoms with E-state index >= 15 is 0 Å². The number of nitrogens with two attached hydrogens (primary N) is 1. The molecular formula is C8H5ClFN3S. The van der Waals surface area contributed by atoms with Crippen molar-refractivity contribution in [3.63, 3.8) is 0 Å². The Labute approximate surface area is 88.3 Å². The molecular weight excluding hydrogens is 225 g/mol. The summed E-state index contributed by atoms with van der Waals surface area (Å²) in [7, 11) is 0. The minimum absolute atomic E-state index is 0.307. The van der Waals surface area contributed by atoms with Crippen LogP contribution in [0.1, 0.15) is 0 Å². The van der Waals surface area contributed by atoms with E-state index in [1.807, 2.05) is 0 Å². The van der Waals surface area contributed by atoms with E-state index in [4.69, 9.17) is 17.3 Å². The number of halogens is 2. The summed E-state index contributed by atoms with van der Waals surface area (Å²) >= 11 is 7.04. The van der Waals surface area contributed by atoms with Gasteiger partial charge in [-0.05, 0) is 18.2 Å². The Balaban J connectivity index is 2.52. The quantitative estimate of drug-likeness (QED) is 0.818. The van der Waals surface area contributed by atoms with Crippen LogP contribution >= 0.6 is 22.9 Å². The Bertz CT molecular complexity index is 471. The second-order valence-electron chi connectivity index (χ2n) is 2.57. The summed E-state index contributed by atoms with van der Waals surface area (Å²) in [5.41, 5.74) is 6.06. The molecule has 1 heterocycles. The molecule has 0 fully saturated rings. The predicted octanol–water partition coefficient (Wildman–Crippen LogP) is 2.58. The normalized spacial score (nSPS) is 10.4. The molecule has 72 valence electrons. The maximum atomic E-state index is 12.7. The highest BCUT2D eigenvalue weighted by atomic mass is 35.5. The third-order valence-electron chi connectivity index (χ3n) is 1.60. The summed E-state index contributed by atoms with van der Waals surface area (Å²) in [5.74, 6) is -0.378. The van der Waals surface area contributed by atoms with Crippen LogP contribution in [0.5, 0.6) is 0 Å². The largest absolute Gasteiger partial charge is 0.374 e. The van der Waals surface area contributed by atoms with Gasteiger partial charge in [-0.25, -0.2) is 4.39 Å². The highest BCUT2D eigenvalue weighted by Crippen LogP contribution is 2.31. The van der Waals surface area contributed by atoms with Gasteiger partial charge in [0.15, 0.2) is 5.01 Å². The lowest BCUT2D eigenvalue weighted by molar-refractivity contribution is 0.628. The molecule has 0 saturated carbocycles. The van der Waals surface area contributed by atoms with Gasteiger partial charge in [0.2, 0.25) is 5.13 Å². The van der Waals surface area contributed by atoms with Gasteiger partial charge in [-0.1, -0.05) is 22.9 Å². The third-order valence-corrected chi connectivity index (χ3v) is 2.70. The minimum atomic E-state index is -0.378. The second kappa shape index (κ2) is 3.51. The molecule has 1 aromatic heterocycles. The van der Waals surface area contributed by atoms with Crippen molar-refractivity contribution < 1.29 is 4.39 Å². The maximum Gasteiger partial charge on any atom is 0.203 e. The molecule has 0 bridgehead atoms. The highest BCUT2D eigenvalue weighted by Gasteiger charge is 2.09. The zero-order valence-corrected chi connectivity index (χ0v) is 8.44. The lowest BCUT2D eigenvalue weighted by atomic mass is 10.2. The molecule has 0 aliphatic rings. The SMILES string of the molecule is Nc1nnc(-c2ccc(F)cc2Cl)s1. The van der Waals surface area contributed by atoms with Crippen molar-refractivity contribution >= 4 is 28.1 Å². The number of nitrogens with zero attached hydrogens (tertiary/aromatic N) is 2. The van der Waals surface area contributed by atoms with Crippen LogP contribution in [0.15, 0.2) is 18.2 Å².